The molecule has 1 atom stereocenters. The van der Waals surface area contributed by atoms with Crippen molar-refractivity contribution in [3.8, 4) is 6.07 Å². The largest absolute Gasteiger partial charge is 0.466 e. The van der Waals surface area contributed by atoms with E-state index >= 15 is 0 Å². The number of esters is 2. The van der Waals surface area contributed by atoms with E-state index in [4.69, 9.17) is 15.2 Å². The third kappa shape index (κ3) is 3.99. The van der Waals surface area contributed by atoms with Crippen molar-refractivity contribution in [3.05, 3.63) is 86.8 Å². The van der Waals surface area contributed by atoms with E-state index in [1.165, 1.54) is 19.1 Å². The van der Waals surface area contributed by atoms with E-state index in [9.17, 15) is 14.9 Å². The van der Waals surface area contributed by atoms with Crippen LogP contribution in [-0.4, -0.2) is 26.2 Å². The second-order valence-corrected chi connectivity index (χ2v) is 7.88. The number of anilines is 1. The Bertz CT molecular complexity index is 1170. The van der Waals surface area contributed by atoms with Crippen molar-refractivity contribution in [1.29, 1.82) is 5.26 Å². The van der Waals surface area contributed by atoms with E-state index in [0.29, 0.717) is 17.7 Å². The van der Waals surface area contributed by atoms with Gasteiger partial charge in [0.05, 0.1) is 43.0 Å². The maximum absolute atomic E-state index is 13.1. The predicted molar refractivity (Wildman–Crippen MR) is 123 cm³/mol. The van der Waals surface area contributed by atoms with Crippen molar-refractivity contribution in [2.24, 2.45) is 5.73 Å². The molecule has 8 heteroatoms. The van der Waals surface area contributed by atoms with E-state index in [0.717, 1.165) is 10.0 Å². The van der Waals surface area contributed by atoms with Crippen LogP contribution in [0, 0.1) is 11.3 Å². The van der Waals surface area contributed by atoms with Gasteiger partial charge in [0.25, 0.3) is 0 Å². The number of carbonyl (C=O) groups excluding carboxylic acids is 2. The lowest BCUT2D eigenvalue weighted by molar-refractivity contribution is -0.139. The summed E-state index contributed by atoms with van der Waals surface area (Å²) in [5.74, 6) is -2.36. The molecule has 0 radical (unpaired) electrons. The molecule has 0 spiro atoms. The van der Waals surface area contributed by atoms with Crippen LogP contribution >= 0.6 is 15.9 Å². The fraction of sp³-hybridized carbons (Fsp3) is 0.208. The van der Waals surface area contributed by atoms with Crippen LogP contribution < -0.4 is 10.6 Å². The molecular weight excluding hydrogens is 474 g/mol. The number of allylic oxidation sites excluding steroid dienone is 1. The number of rotatable bonds is 5. The first kappa shape index (κ1) is 23.1. The summed E-state index contributed by atoms with van der Waals surface area (Å²) < 4.78 is 10.9. The van der Waals surface area contributed by atoms with Crippen LogP contribution in [0.15, 0.2) is 75.7 Å². The van der Waals surface area contributed by atoms with Gasteiger partial charge < -0.3 is 15.2 Å². The smallest absolute Gasteiger partial charge is 0.355 e. The number of ether oxygens (including phenoxy) is 2. The highest BCUT2D eigenvalue weighted by atomic mass is 79.9. The normalized spacial score (nSPS) is 16.0. The molecule has 2 aromatic carbocycles. The summed E-state index contributed by atoms with van der Waals surface area (Å²) in [6, 6.07) is 16.5. The van der Waals surface area contributed by atoms with Gasteiger partial charge in [0, 0.05) is 4.47 Å². The van der Waals surface area contributed by atoms with Crippen molar-refractivity contribution in [2.45, 2.75) is 19.3 Å². The Kier molecular flexibility index (Phi) is 7.01. The lowest BCUT2D eigenvalue weighted by Crippen LogP contribution is -2.41. The standard InChI is InChI=1S/C24H22BrN3O4/c1-4-14-12-16(25)10-11-18(14)28-21(24(30)32-3)20(23(29)31-2)19(17(13-26)22(28)27)15-8-6-5-7-9-15/h5-12,19H,4,27H2,1-3H3. The zero-order chi connectivity index (χ0) is 23.4. The Morgan fingerprint density at radius 3 is 2.34 bits per heavy atom. The number of carbonyl (C=O) groups is 2. The first-order valence-corrected chi connectivity index (χ1v) is 10.6. The van der Waals surface area contributed by atoms with E-state index in [1.807, 2.05) is 19.1 Å². The summed E-state index contributed by atoms with van der Waals surface area (Å²) in [6.45, 7) is 1.95. The van der Waals surface area contributed by atoms with Gasteiger partial charge in [-0.3, -0.25) is 4.90 Å². The average Bonchev–Trinajstić information content (AvgIpc) is 2.82. The molecule has 32 heavy (non-hydrogen) atoms. The Labute approximate surface area is 194 Å². The molecule has 1 heterocycles. The van der Waals surface area contributed by atoms with Crippen LogP contribution in [-0.2, 0) is 25.5 Å². The minimum Gasteiger partial charge on any atom is -0.466 e. The Morgan fingerprint density at radius 2 is 1.78 bits per heavy atom. The van der Waals surface area contributed by atoms with Crippen LogP contribution in [0.2, 0.25) is 0 Å². The maximum atomic E-state index is 13.1. The van der Waals surface area contributed by atoms with Crippen LogP contribution in [0.4, 0.5) is 5.69 Å². The molecule has 0 aromatic heterocycles. The highest BCUT2D eigenvalue weighted by molar-refractivity contribution is 9.10. The molecule has 1 aliphatic rings. The molecule has 0 amide bonds. The minimum atomic E-state index is -0.889. The molecule has 0 aliphatic carbocycles. The van der Waals surface area contributed by atoms with Crippen LogP contribution in [0.25, 0.3) is 0 Å². The summed E-state index contributed by atoms with van der Waals surface area (Å²) in [7, 11) is 2.45. The number of halogens is 1. The van der Waals surface area contributed by atoms with Crippen molar-refractivity contribution < 1.29 is 19.1 Å². The monoisotopic (exact) mass is 495 g/mol. The number of nitriles is 1. The Morgan fingerprint density at radius 1 is 1.12 bits per heavy atom. The highest BCUT2D eigenvalue weighted by Crippen LogP contribution is 2.44. The molecule has 0 bridgehead atoms. The average molecular weight is 496 g/mol. The molecule has 2 N–H and O–H groups in total. The van der Waals surface area contributed by atoms with Crippen LogP contribution in [0.3, 0.4) is 0 Å². The van der Waals surface area contributed by atoms with Crippen LogP contribution in [0.5, 0.6) is 0 Å². The summed E-state index contributed by atoms with van der Waals surface area (Å²) in [4.78, 5) is 27.5. The number of nitrogens with two attached hydrogens (primary N) is 1. The first-order valence-electron chi connectivity index (χ1n) is 9.83. The zero-order valence-electron chi connectivity index (χ0n) is 17.9. The third-order valence-corrected chi connectivity index (χ3v) is 5.77. The molecule has 0 saturated heterocycles. The maximum Gasteiger partial charge on any atom is 0.355 e. The SMILES string of the molecule is CCc1cc(Br)ccc1N1C(N)=C(C#N)C(c2ccccc2)C(C(=O)OC)=C1C(=O)OC. The molecule has 1 unspecified atom stereocenters. The van der Waals surface area contributed by atoms with Gasteiger partial charge in [-0.1, -0.05) is 53.2 Å². The van der Waals surface area contributed by atoms with Gasteiger partial charge in [-0.05, 0) is 35.7 Å². The lowest BCUT2D eigenvalue weighted by atomic mass is 9.80. The van der Waals surface area contributed by atoms with Gasteiger partial charge in [-0.15, -0.1) is 0 Å². The number of methoxy groups -OCH3 is 2. The molecule has 0 fully saturated rings. The van der Waals surface area contributed by atoms with E-state index in [1.54, 1.807) is 36.4 Å². The van der Waals surface area contributed by atoms with Gasteiger partial charge in [-0.25, -0.2) is 9.59 Å². The summed E-state index contributed by atoms with van der Waals surface area (Å²) in [6.07, 6.45) is 0.616. The number of aryl methyl sites for hydroxylation is 1. The molecule has 7 nitrogen and oxygen atoms in total. The molecule has 1 aliphatic heterocycles. The van der Waals surface area contributed by atoms with Gasteiger partial charge >= 0.3 is 11.9 Å². The highest BCUT2D eigenvalue weighted by Gasteiger charge is 2.43. The van der Waals surface area contributed by atoms with Gasteiger partial charge in [0.1, 0.15) is 11.5 Å². The van der Waals surface area contributed by atoms with Crippen molar-refractivity contribution in [1.82, 2.24) is 0 Å². The number of nitrogens with zero attached hydrogens (tertiary/aromatic N) is 2. The van der Waals surface area contributed by atoms with Crippen LogP contribution in [0.1, 0.15) is 24.0 Å². The Hall–Kier alpha value is -3.57. The zero-order valence-corrected chi connectivity index (χ0v) is 19.5. The quantitative estimate of drug-likeness (QED) is 0.626. The fourth-order valence-corrected chi connectivity index (χ4v) is 4.23. The lowest BCUT2D eigenvalue weighted by Gasteiger charge is -2.36. The topological polar surface area (TPSA) is 106 Å². The van der Waals surface area contributed by atoms with Crippen molar-refractivity contribution in [3.63, 3.8) is 0 Å². The molecule has 2 aromatic rings. The van der Waals surface area contributed by atoms with E-state index in [-0.39, 0.29) is 22.7 Å². The fourth-order valence-electron chi connectivity index (χ4n) is 3.82. The molecule has 0 saturated carbocycles. The van der Waals surface area contributed by atoms with Crippen molar-refractivity contribution in [2.75, 3.05) is 19.1 Å². The van der Waals surface area contributed by atoms with Crippen molar-refractivity contribution >= 4 is 33.6 Å². The second-order valence-electron chi connectivity index (χ2n) is 6.96. The van der Waals surface area contributed by atoms with E-state index in [2.05, 4.69) is 22.0 Å². The van der Waals surface area contributed by atoms with Gasteiger partial charge in [-0.2, -0.15) is 5.26 Å². The van der Waals surface area contributed by atoms with Gasteiger partial charge in [0.15, 0.2) is 0 Å². The first-order chi connectivity index (χ1) is 15.4. The second kappa shape index (κ2) is 9.71. The molecular formula is C24H22BrN3O4. The number of hydrogen-bond acceptors (Lipinski definition) is 7. The predicted octanol–water partition coefficient (Wildman–Crippen LogP) is 3.91. The summed E-state index contributed by atoms with van der Waals surface area (Å²) in [5.41, 5.74) is 8.60. The van der Waals surface area contributed by atoms with E-state index < -0.39 is 17.9 Å². The molecule has 3 rings (SSSR count). The van der Waals surface area contributed by atoms with Gasteiger partial charge in [0.2, 0.25) is 0 Å². The summed E-state index contributed by atoms with van der Waals surface area (Å²) >= 11 is 3.45. The third-order valence-electron chi connectivity index (χ3n) is 5.27. The minimum absolute atomic E-state index is 0.0127. The molecule has 164 valence electrons. The number of hydrogen-bond donors (Lipinski definition) is 1. The summed E-state index contributed by atoms with van der Waals surface area (Å²) in [5, 5.41) is 10.1. The number of benzene rings is 2. The Balaban J connectivity index is 2.44.